The highest BCUT2D eigenvalue weighted by atomic mass is 19.4. The summed E-state index contributed by atoms with van der Waals surface area (Å²) in [6.07, 6.45) is -4.72. The molecule has 1 heterocycles. The Morgan fingerprint density at radius 2 is 1.88 bits per heavy atom. The minimum absolute atomic E-state index is 0.126. The molecule has 0 atom stereocenters. The second-order valence-corrected chi connectivity index (χ2v) is 5.28. The van der Waals surface area contributed by atoms with Crippen LogP contribution in [0, 0.1) is 0 Å². The maximum atomic E-state index is 12.1. The van der Waals surface area contributed by atoms with Crippen LogP contribution in [-0.2, 0) is 6.54 Å². The number of aromatic nitrogens is 1. The van der Waals surface area contributed by atoms with Crippen molar-refractivity contribution < 1.29 is 17.9 Å². The number of anilines is 2. The SMILES string of the molecule is CN(C)c1cccc(CN=C(N)Nc2ccc(OC(F)(F)F)cc2)n1. The summed E-state index contributed by atoms with van der Waals surface area (Å²) in [6.45, 7) is 0.274. The fourth-order valence-electron chi connectivity index (χ4n) is 1.90. The maximum absolute atomic E-state index is 12.1. The Labute approximate surface area is 143 Å². The summed E-state index contributed by atoms with van der Waals surface area (Å²) in [7, 11) is 3.77. The number of alkyl halides is 3. The Hall–Kier alpha value is -2.97. The highest BCUT2D eigenvalue weighted by molar-refractivity contribution is 5.92. The summed E-state index contributed by atoms with van der Waals surface area (Å²) >= 11 is 0. The molecular formula is C16H18F3N5O. The number of nitrogens with zero attached hydrogens (tertiary/aromatic N) is 3. The number of benzene rings is 1. The third-order valence-corrected chi connectivity index (χ3v) is 3.02. The zero-order valence-electron chi connectivity index (χ0n) is 13.7. The number of rotatable bonds is 5. The quantitative estimate of drug-likeness (QED) is 0.638. The summed E-state index contributed by atoms with van der Waals surface area (Å²) in [5.74, 6) is 0.624. The molecule has 0 aliphatic carbocycles. The molecule has 0 aliphatic rings. The van der Waals surface area contributed by atoms with Gasteiger partial charge >= 0.3 is 6.36 Å². The highest BCUT2D eigenvalue weighted by Gasteiger charge is 2.30. The van der Waals surface area contributed by atoms with E-state index in [1.54, 1.807) is 0 Å². The molecule has 6 nitrogen and oxygen atoms in total. The van der Waals surface area contributed by atoms with Crippen LogP contribution in [0.4, 0.5) is 24.7 Å². The largest absolute Gasteiger partial charge is 0.573 e. The molecule has 0 fully saturated rings. The van der Waals surface area contributed by atoms with Crippen LogP contribution >= 0.6 is 0 Å². The van der Waals surface area contributed by atoms with Gasteiger partial charge in [-0.05, 0) is 36.4 Å². The van der Waals surface area contributed by atoms with Crippen molar-refractivity contribution in [1.29, 1.82) is 0 Å². The van der Waals surface area contributed by atoms with Crippen LogP contribution in [0.25, 0.3) is 0 Å². The molecule has 0 unspecified atom stereocenters. The molecule has 0 bridgehead atoms. The van der Waals surface area contributed by atoms with Gasteiger partial charge in [0.25, 0.3) is 0 Å². The average molecular weight is 353 g/mol. The number of aliphatic imine (C=N–C) groups is 1. The number of nitrogens with one attached hydrogen (secondary N) is 1. The van der Waals surface area contributed by atoms with Crippen LogP contribution < -0.4 is 20.7 Å². The highest BCUT2D eigenvalue weighted by Crippen LogP contribution is 2.23. The molecular weight excluding hydrogens is 335 g/mol. The van der Waals surface area contributed by atoms with E-state index in [1.165, 1.54) is 24.3 Å². The second-order valence-electron chi connectivity index (χ2n) is 5.28. The van der Waals surface area contributed by atoms with Crippen LogP contribution in [-0.4, -0.2) is 31.4 Å². The molecule has 9 heteroatoms. The summed E-state index contributed by atoms with van der Waals surface area (Å²) in [5, 5.41) is 2.79. The van der Waals surface area contributed by atoms with Gasteiger partial charge in [0, 0.05) is 19.8 Å². The van der Waals surface area contributed by atoms with Crippen molar-refractivity contribution in [2.75, 3.05) is 24.3 Å². The van der Waals surface area contributed by atoms with E-state index >= 15 is 0 Å². The monoisotopic (exact) mass is 353 g/mol. The molecule has 0 saturated carbocycles. The van der Waals surface area contributed by atoms with Crippen LogP contribution in [0.15, 0.2) is 47.5 Å². The van der Waals surface area contributed by atoms with Gasteiger partial charge in [-0.25, -0.2) is 9.98 Å². The van der Waals surface area contributed by atoms with Gasteiger partial charge in [0.15, 0.2) is 5.96 Å². The number of hydrogen-bond donors (Lipinski definition) is 2. The lowest BCUT2D eigenvalue weighted by molar-refractivity contribution is -0.274. The molecule has 0 radical (unpaired) electrons. The zero-order chi connectivity index (χ0) is 18.4. The van der Waals surface area contributed by atoms with Gasteiger partial charge in [-0.2, -0.15) is 0 Å². The molecule has 1 aromatic carbocycles. The standard InChI is InChI=1S/C16H18F3N5O/c1-24(2)14-5-3-4-12(22-14)10-21-15(20)23-11-6-8-13(9-7-11)25-16(17,18)19/h3-9H,10H2,1-2H3,(H3,20,21,23). The molecule has 25 heavy (non-hydrogen) atoms. The predicted molar refractivity (Wildman–Crippen MR) is 90.6 cm³/mol. The van der Waals surface area contributed by atoms with Gasteiger partial charge in [0.05, 0.1) is 12.2 Å². The van der Waals surface area contributed by atoms with E-state index in [2.05, 4.69) is 20.0 Å². The lowest BCUT2D eigenvalue weighted by atomic mass is 10.3. The Kier molecular flexibility index (Phi) is 5.68. The van der Waals surface area contributed by atoms with Crippen LogP contribution in [0.5, 0.6) is 5.75 Å². The summed E-state index contributed by atoms with van der Waals surface area (Å²) < 4.78 is 40.1. The number of halogens is 3. The van der Waals surface area contributed by atoms with Crippen molar-refractivity contribution in [3.05, 3.63) is 48.2 Å². The first kappa shape index (κ1) is 18.4. The Bertz CT molecular complexity index is 729. The van der Waals surface area contributed by atoms with Gasteiger partial charge in [0.1, 0.15) is 11.6 Å². The van der Waals surface area contributed by atoms with Crippen LogP contribution in [0.2, 0.25) is 0 Å². The Balaban J connectivity index is 1.96. The minimum atomic E-state index is -4.72. The number of nitrogens with two attached hydrogens (primary N) is 1. The predicted octanol–water partition coefficient (Wildman–Crippen LogP) is 2.97. The third-order valence-electron chi connectivity index (χ3n) is 3.02. The molecule has 0 amide bonds. The van der Waals surface area contributed by atoms with E-state index in [4.69, 9.17) is 5.73 Å². The fraction of sp³-hybridized carbons (Fsp3) is 0.250. The van der Waals surface area contributed by atoms with E-state index in [9.17, 15) is 13.2 Å². The van der Waals surface area contributed by atoms with Gasteiger partial charge in [-0.15, -0.1) is 13.2 Å². The van der Waals surface area contributed by atoms with Crippen LogP contribution in [0.3, 0.4) is 0 Å². The smallest absolute Gasteiger partial charge is 0.406 e. The van der Waals surface area contributed by atoms with E-state index in [1.807, 2.05) is 37.2 Å². The molecule has 3 N–H and O–H groups in total. The van der Waals surface area contributed by atoms with Gasteiger partial charge < -0.3 is 20.7 Å². The van der Waals surface area contributed by atoms with Crippen LogP contribution in [0.1, 0.15) is 5.69 Å². The van der Waals surface area contributed by atoms with Gasteiger partial charge in [0.2, 0.25) is 0 Å². The van der Waals surface area contributed by atoms with Gasteiger partial charge in [-0.3, -0.25) is 0 Å². The molecule has 0 aliphatic heterocycles. The third kappa shape index (κ3) is 6.21. The molecule has 2 aromatic rings. The normalized spacial score (nSPS) is 12.0. The molecule has 134 valence electrons. The average Bonchev–Trinajstić information content (AvgIpc) is 2.54. The topological polar surface area (TPSA) is 75.8 Å². The summed E-state index contributed by atoms with van der Waals surface area (Å²) in [6, 6.07) is 10.8. The first-order valence-electron chi connectivity index (χ1n) is 7.29. The van der Waals surface area contributed by atoms with Crippen molar-refractivity contribution >= 4 is 17.5 Å². The molecule has 1 aromatic heterocycles. The lowest BCUT2D eigenvalue weighted by Crippen LogP contribution is -2.22. The summed E-state index contributed by atoms with van der Waals surface area (Å²) in [5.41, 5.74) is 7.01. The summed E-state index contributed by atoms with van der Waals surface area (Å²) in [4.78, 5) is 10.4. The first-order chi connectivity index (χ1) is 11.7. The number of ether oxygens (including phenoxy) is 1. The van der Waals surface area contributed by atoms with Crippen molar-refractivity contribution in [3.63, 3.8) is 0 Å². The van der Waals surface area contributed by atoms with E-state index in [0.717, 1.165) is 11.5 Å². The molecule has 2 rings (SSSR count). The number of guanidine groups is 1. The van der Waals surface area contributed by atoms with Crippen molar-refractivity contribution in [2.24, 2.45) is 10.7 Å². The number of pyridine rings is 1. The maximum Gasteiger partial charge on any atom is 0.573 e. The molecule has 0 spiro atoms. The van der Waals surface area contributed by atoms with Crippen molar-refractivity contribution in [3.8, 4) is 5.75 Å². The minimum Gasteiger partial charge on any atom is -0.406 e. The second kappa shape index (κ2) is 7.73. The zero-order valence-corrected chi connectivity index (χ0v) is 13.7. The van der Waals surface area contributed by atoms with Gasteiger partial charge in [-0.1, -0.05) is 6.07 Å². The van der Waals surface area contributed by atoms with E-state index in [-0.39, 0.29) is 18.3 Å². The lowest BCUT2D eigenvalue weighted by Gasteiger charge is -2.12. The van der Waals surface area contributed by atoms with E-state index in [0.29, 0.717) is 5.69 Å². The number of hydrogen-bond acceptors (Lipinski definition) is 4. The fourth-order valence-corrected chi connectivity index (χ4v) is 1.90. The Morgan fingerprint density at radius 3 is 2.48 bits per heavy atom. The van der Waals surface area contributed by atoms with Crippen molar-refractivity contribution in [2.45, 2.75) is 12.9 Å². The molecule has 0 saturated heterocycles. The Morgan fingerprint density at radius 1 is 1.20 bits per heavy atom. The van der Waals surface area contributed by atoms with E-state index < -0.39 is 6.36 Å². The first-order valence-corrected chi connectivity index (χ1v) is 7.29. The van der Waals surface area contributed by atoms with Crippen molar-refractivity contribution in [1.82, 2.24) is 4.98 Å².